The monoisotopic (exact) mass is 663 g/mol. The van der Waals surface area contributed by atoms with Gasteiger partial charge in [-0.3, -0.25) is 9.78 Å². The fraction of sp³-hybridized carbons (Fsp3) is 0.219. The highest BCUT2D eigenvalue weighted by Crippen LogP contribution is 2.38. The maximum absolute atomic E-state index is 15.2. The molecule has 3 heterocycles. The van der Waals surface area contributed by atoms with Gasteiger partial charge in [0.05, 0.1) is 29.4 Å². The van der Waals surface area contributed by atoms with Gasteiger partial charge in [0.1, 0.15) is 11.6 Å². The van der Waals surface area contributed by atoms with Gasteiger partial charge in [0, 0.05) is 35.6 Å². The van der Waals surface area contributed by atoms with Crippen LogP contribution in [0.1, 0.15) is 23.3 Å². The Balaban J connectivity index is 1.17. The van der Waals surface area contributed by atoms with Crippen LogP contribution in [-0.4, -0.2) is 47.5 Å². The Kier molecular flexibility index (Phi) is 8.71. The average molecular weight is 665 g/mol. The number of nitrogens with one attached hydrogen (secondary N) is 2. The lowest BCUT2D eigenvalue weighted by atomic mass is 9.99. The molecule has 5 aromatic rings. The number of amides is 1. The predicted molar refractivity (Wildman–Crippen MR) is 165 cm³/mol. The van der Waals surface area contributed by atoms with Crippen LogP contribution in [-0.2, 0) is 0 Å². The summed E-state index contributed by atoms with van der Waals surface area (Å²) in [6.45, 7) is 2.55. The van der Waals surface area contributed by atoms with Crippen molar-refractivity contribution >= 4 is 38.4 Å². The van der Waals surface area contributed by atoms with Crippen LogP contribution in [0.5, 0.6) is 23.0 Å². The van der Waals surface area contributed by atoms with Gasteiger partial charge in [-0.15, -0.1) is 0 Å². The number of anilines is 1. The van der Waals surface area contributed by atoms with Crippen LogP contribution in [0.15, 0.2) is 77.5 Å². The van der Waals surface area contributed by atoms with Crippen molar-refractivity contribution in [2.45, 2.75) is 12.8 Å². The zero-order valence-electron chi connectivity index (χ0n) is 23.6. The lowest BCUT2D eigenvalue weighted by molar-refractivity contribution is 0.102. The Bertz CT molecular complexity index is 1810. The molecule has 1 fully saturated rings. The van der Waals surface area contributed by atoms with Gasteiger partial charge in [-0.2, -0.15) is 5.10 Å². The van der Waals surface area contributed by atoms with E-state index in [0.717, 1.165) is 32.0 Å². The fourth-order valence-electron chi connectivity index (χ4n) is 4.95. The van der Waals surface area contributed by atoms with Crippen LogP contribution in [0.25, 0.3) is 16.6 Å². The Morgan fingerprint density at radius 3 is 2.57 bits per heavy atom. The molecule has 0 saturated carbocycles. The maximum atomic E-state index is 15.2. The normalized spacial score (nSPS) is 13.5. The minimum absolute atomic E-state index is 0.0394. The van der Waals surface area contributed by atoms with Gasteiger partial charge in [-0.05, 0) is 96.3 Å². The zero-order chi connectivity index (χ0) is 30.6. The van der Waals surface area contributed by atoms with Crippen molar-refractivity contribution in [3.05, 3.63) is 94.9 Å². The van der Waals surface area contributed by atoms with E-state index in [0.29, 0.717) is 50.8 Å². The first-order valence-electron chi connectivity index (χ1n) is 14.0. The maximum Gasteiger partial charge on any atom is 0.277 e. The summed E-state index contributed by atoms with van der Waals surface area (Å²) in [6, 6.07) is 15.0. The average Bonchev–Trinajstić information content (AvgIpc) is 3.43. The molecule has 0 radical (unpaired) electrons. The van der Waals surface area contributed by atoms with Crippen molar-refractivity contribution in [2.24, 2.45) is 5.92 Å². The molecule has 44 heavy (non-hydrogen) atoms. The smallest absolute Gasteiger partial charge is 0.277 e. The first-order valence-corrected chi connectivity index (χ1v) is 14.8. The van der Waals surface area contributed by atoms with Crippen molar-refractivity contribution in [1.82, 2.24) is 20.1 Å². The number of nitrogens with zero attached hydrogens (tertiary/aromatic N) is 3. The largest absolute Gasteiger partial charge is 0.493 e. The lowest BCUT2D eigenvalue weighted by Gasteiger charge is -2.23. The number of pyridine rings is 1. The minimum Gasteiger partial charge on any atom is -0.493 e. The van der Waals surface area contributed by atoms with E-state index in [2.05, 4.69) is 36.6 Å². The number of halogens is 3. The van der Waals surface area contributed by atoms with Crippen LogP contribution in [0, 0.1) is 17.6 Å². The molecule has 226 valence electrons. The predicted octanol–water partition coefficient (Wildman–Crippen LogP) is 6.89. The molecule has 2 N–H and O–H groups in total. The molecule has 0 unspecified atom stereocenters. The van der Waals surface area contributed by atoms with E-state index in [-0.39, 0.29) is 22.9 Å². The van der Waals surface area contributed by atoms with E-state index in [4.69, 9.17) is 14.2 Å². The molecular weight excluding hydrogens is 636 g/mol. The van der Waals surface area contributed by atoms with Crippen molar-refractivity contribution in [1.29, 1.82) is 0 Å². The number of fused-ring (bicyclic) bond motifs is 1. The van der Waals surface area contributed by atoms with Gasteiger partial charge in [-0.1, -0.05) is 0 Å². The molecule has 3 aromatic carbocycles. The van der Waals surface area contributed by atoms with Gasteiger partial charge >= 0.3 is 0 Å². The number of methoxy groups -OCH3 is 1. The lowest BCUT2D eigenvalue weighted by Crippen LogP contribution is -2.30. The number of ether oxygens (including phenoxy) is 3. The number of hydrogen-bond donors (Lipinski definition) is 2. The van der Waals surface area contributed by atoms with E-state index in [1.807, 2.05) is 0 Å². The summed E-state index contributed by atoms with van der Waals surface area (Å²) < 4.78 is 48.0. The van der Waals surface area contributed by atoms with E-state index in [1.54, 1.807) is 37.7 Å². The second kappa shape index (κ2) is 13.0. The van der Waals surface area contributed by atoms with Gasteiger partial charge in [0.15, 0.2) is 28.8 Å². The summed E-state index contributed by atoms with van der Waals surface area (Å²) in [5.41, 5.74) is 1.46. The second-order valence-corrected chi connectivity index (χ2v) is 11.1. The summed E-state index contributed by atoms with van der Waals surface area (Å²) in [7, 11) is 1.56. The van der Waals surface area contributed by atoms with E-state index < -0.39 is 11.7 Å². The van der Waals surface area contributed by atoms with Crippen LogP contribution in [0.3, 0.4) is 0 Å². The molecule has 12 heteroatoms. The standard InChI is InChI=1S/C32H28BrF2N5O4/c1-42-29-15-23-26(16-30(29)43-18-19-8-11-36-12-9-19)37-13-10-27(23)44-28-7-4-21(14-25(28)35)38-32(41)31-24(33)17-40(39-31)22-5-2-20(34)3-6-22/h2-7,10,13-17,19,36H,8-9,11-12,18H2,1H3,(H,38,41). The number of piperidine rings is 1. The Hall–Kier alpha value is -4.55. The Morgan fingerprint density at radius 2 is 1.82 bits per heavy atom. The van der Waals surface area contributed by atoms with Crippen LogP contribution < -0.4 is 24.8 Å². The number of rotatable bonds is 9. The van der Waals surface area contributed by atoms with Crippen LogP contribution in [0.2, 0.25) is 0 Å². The third-order valence-electron chi connectivity index (χ3n) is 7.31. The number of carbonyl (C=O) groups is 1. The molecule has 6 rings (SSSR count). The molecule has 0 bridgehead atoms. The van der Waals surface area contributed by atoms with Gasteiger partial charge < -0.3 is 24.8 Å². The molecule has 0 aliphatic carbocycles. The summed E-state index contributed by atoms with van der Waals surface area (Å²) in [4.78, 5) is 17.4. The Morgan fingerprint density at radius 1 is 1.02 bits per heavy atom. The number of benzene rings is 3. The summed E-state index contributed by atoms with van der Waals surface area (Å²) in [6.07, 6.45) is 5.27. The Labute approximate surface area is 260 Å². The van der Waals surface area contributed by atoms with Crippen molar-refractivity contribution in [3.63, 3.8) is 0 Å². The SMILES string of the molecule is COc1cc2c(Oc3ccc(NC(=O)c4nn(-c5ccc(F)cc5)cc4Br)cc3F)ccnc2cc1OCC1CCNCC1. The zero-order valence-corrected chi connectivity index (χ0v) is 25.2. The second-order valence-electron chi connectivity index (χ2n) is 10.3. The van der Waals surface area contributed by atoms with Crippen LogP contribution in [0.4, 0.5) is 14.5 Å². The summed E-state index contributed by atoms with van der Waals surface area (Å²) >= 11 is 3.33. The highest BCUT2D eigenvalue weighted by Gasteiger charge is 2.19. The third kappa shape index (κ3) is 6.51. The molecule has 1 aliphatic heterocycles. The highest BCUT2D eigenvalue weighted by molar-refractivity contribution is 9.10. The quantitative estimate of drug-likeness (QED) is 0.177. The molecular formula is C32H28BrF2N5O4. The van der Waals surface area contributed by atoms with Gasteiger partial charge in [-0.25, -0.2) is 13.5 Å². The van der Waals surface area contributed by atoms with E-state index in [9.17, 15) is 9.18 Å². The van der Waals surface area contributed by atoms with Crippen LogP contribution >= 0.6 is 15.9 Å². The molecule has 1 saturated heterocycles. The first-order chi connectivity index (χ1) is 21.4. The van der Waals surface area contributed by atoms with Crippen molar-refractivity contribution in [2.75, 3.05) is 32.1 Å². The van der Waals surface area contributed by atoms with E-state index in [1.165, 1.54) is 41.1 Å². The summed E-state index contributed by atoms with van der Waals surface area (Å²) in [5.74, 6) is 0.293. The topological polar surface area (TPSA) is 99.5 Å². The fourth-order valence-corrected chi connectivity index (χ4v) is 5.40. The molecule has 1 aliphatic rings. The number of aromatic nitrogens is 3. The van der Waals surface area contributed by atoms with Crippen molar-refractivity contribution < 1.29 is 27.8 Å². The molecule has 9 nitrogen and oxygen atoms in total. The van der Waals surface area contributed by atoms with Gasteiger partial charge in [0.2, 0.25) is 0 Å². The molecule has 0 spiro atoms. The molecule has 0 atom stereocenters. The number of carbonyl (C=O) groups excluding carboxylic acids is 1. The molecule has 2 aromatic heterocycles. The molecule has 1 amide bonds. The third-order valence-corrected chi connectivity index (χ3v) is 7.89. The highest BCUT2D eigenvalue weighted by atomic mass is 79.9. The van der Waals surface area contributed by atoms with E-state index >= 15 is 4.39 Å². The summed E-state index contributed by atoms with van der Waals surface area (Å²) in [5, 5.41) is 10.9. The minimum atomic E-state index is -0.683. The van der Waals surface area contributed by atoms with Gasteiger partial charge in [0.25, 0.3) is 5.91 Å². The first kappa shape index (κ1) is 29.5. The van der Waals surface area contributed by atoms with Crippen molar-refractivity contribution in [3.8, 4) is 28.7 Å². The number of hydrogen-bond acceptors (Lipinski definition) is 7.